The lowest BCUT2D eigenvalue weighted by atomic mass is 9.79. The zero-order valence-electron chi connectivity index (χ0n) is 21.0. The fourth-order valence-corrected chi connectivity index (χ4v) is 6.51. The maximum absolute atomic E-state index is 15.2. The highest BCUT2D eigenvalue weighted by Gasteiger charge is 2.49. The lowest BCUT2D eigenvalue weighted by Gasteiger charge is -2.47. The highest BCUT2D eigenvalue weighted by molar-refractivity contribution is 5.88. The Morgan fingerprint density at radius 1 is 1.27 bits per heavy atom. The number of carbonyl (C=O) groups excluding carboxylic acids is 1. The molecule has 0 N–H and O–H groups in total. The van der Waals surface area contributed by atoms with Crippen LogP contribution in [-0.4, -0.2) is 51.8 Å². The summed E-state index contributed by atoms with van der Waals surface area (Å²) in [5.41, 5.74) is 4.65. The lowest BCUT2D eigenvalue weighted by Crippen LogP contribution is -2.59. The van der Waals surface area contributed by atoms with Crippen molar-refractivity contribution in [2.75, 3.05) is 31.1 Å². The third-order valence-corrected chi connectivity index (χ3v) is 8.36. The van der Waals surface area contributed by atoms with E-state index in [1.807, 2.05) is 28.9 Å². The number of benzene rings is 1. The second-order valence-corrected chi connectivity index (χ2v) is 10.6. The first kappa shape index (κ1) is 23.4. The molecule has 0 unspecified atom stereocenters. The summed E-state index contributed by atoms with van der Waals surface area (Å²) in [7, 11) is 1.95. The molecule has 1 amide bonds. The first-order chi connectivity index (χ1) is 17.9. The molecule has 0 radical (unpaired) electrons. The molecule has 0 saturated carbocycles. The van der Waals surface area contributed by atoms with Crippen LogP contribution < -0.4 is 4.90 Å². The molecular formula is C29H29FN6O. The Morgan fingerprint density at radius 3 is 2.78 bits per heavy atom. The number of pyridine rings is 1. The van der Waals surface area contributed by atoms with Gasteiger partial charge in [0.25, 0.3) is 0 Å². The van der Waals surface area contributed by atoms with E-state index in [-0.39, 0.29) is 23.1 Å². The number of halogens is 1. The van der Waals surface area contributed by atoms with Gasteiger partial charge in [-0.05, 0) is 49.5 Å². The summed E-state index contributed by atoms with van der Waals surface area (Å²) in [6, 6.07) is 11.2. The van der Waals surface area contributed by atoms with Gasteiger partial charge < -0.3 is 9.80 Å². The van der Waals surface area contributed by atoms with Gasteiger partial charge in [-0.15, -0.1) is 0 Å². The normalized spacial score (nSPS) is 19.9. The fraction of sp³-hybridized carbons (Fsp3) is 0.379. The number of amides is 1. The first-order valence-electron chi connectivity index (χ1n) is 12.8. The molecule has 1 atom stereocenters. The summed E-state index contributed by atoms with van der Waals surface area (Å²) in [5, 5.41) is 14.7. The van der Waals surface area contributed by atoms with Gasteiger partial charge in [-0.25, -0.2) is 9.37 Å². The maximum atomic E-state index is 15.2. The minimum absolute atomic E-state index is 0.00160. The largest absolute Gasteiger partial charge is 0.355 e. The number of aromatic nitrogens is 3. The summed E-state index contributed by atoms with van der Waals surface area (Å²) in [5.74, 6) is 0.520. The van der Waals surface area contributed by atoms with E-state index < -0.39 is 0 Å². The predicted molar refractivity (Wildman–Crippen MR) is 138 cm³/mol. The molecule has 1 spiro atoms. The third-order valence-electron chi connectivity index (χ3n) is 8.36. The van der Waals surface area contributed by atoms with E-state index >= 15 is 4.39 Å². The number of hydrogen-bond donors (Lipinski definition) is 0. The van der Waals surface area contributed by atoms with Crippen LogP contribution in [-0.2, 0) is 24.7 Å². The minimum Gasteiger partial charge on any atom is -0.355 e. The van der Waals surface area contributed by atoms with Gasteiger partial charge in [-0.2, -0.15) is 10.4 Å². The summed E-state index contributed by atoms with van der Waals surface area (Å²) in [4.78, 5) is 21.1. The monoisotopic (exact) mass is 496 g/mol. The number of rotatable bonds is 4. The van der Waals surface area contributed by atoms with Crippen molar-refractivity contribution in [1.82, 2.24) is 19.7 Å². The van der Waals surface area contributed by atoms with E-state index in [0.29, 0.717) is 35.6 Å². The molecule has 4 heterocycles. The Balaban J connectivity index is 1.42. The topological polar surface area (TPSA) is 78.1 Å². The standard InChI is InChI=1S/C29H29FN6O/c1-3-26(37)36-17-29(18-36)11-13-35(16-29)28-22(15-31)27(20-6-4-5-7-23(20)30)21-9-8-19(14-24(21)33-28)25-10-12-32-34(25)2/h3-7,10,12,19H,1,8-9,11,13-14,16-18H2,2H3/t19-/m1/s1. The number of nitriles is 1. The van der Waals surface area contributed by atoms with Crippen molar-refractivity contribution < 1.29 is 9.18 Å². The summed E-state index contributed by atoms with van der Waals surface area (Å²) < 4.78 is 17.1. The van der Waals surface area contributed by atoms with Crippen LogP contribution >= 0.6 is 0 Å². The Morgan fingerprint density at radius 2 is 2.08 bits per heavy atom. The Labute approximate surface area is 215 Å². The van der Waals surface area contributed by atoms with E-state index in [4.69, 9.17) is 4.98 Å². The number of likely N-dealkylation sites (tertiary alicyclic amines) is 1. The zero-order chi connectivity index (χ0) is 25.7. The van der Waals surface area contributed by atoms with Crippen molar-refractivity contribution in [2.45, 2.75) is 31.6 Å². The summed E-state index contributed by atoms with van der Waals surface area (Å²) in [6.07, 6.45) is 6.42. The number of nitrogens with zero attached hydrogens (tertiary/aromatic N) is 6. The van der Waals surface area contributed by atoms with Gasteiger partial charge in [-0.3, -0.25) is 9.48 Å². The van der Waals surface area contributed by atoms with Gasteiger partial charge in [-0.1, -0.05) is 24.8 Å². The van der Waals surface area contributed by atoms with Crippen LogP contribution in [0.25, 0.3) is 11.1 Å². The highest BCUT2D eigenvalue weighted by atomic mass is 19.1. The Kier molecular flexibility index (Phi) is 5.59. The van der Waals surface area contributed by atoms with Crippen LogP contribution in [0.2, 0.25) is 0 Å². The fourth-order valence-electron chi connectivity index (χ4n) is 6.51. The third kappa shape index (κ3) is 3.81. The lowest BCUT2D eigenvalue weighted by molar-refractivity contribution is -0.136. The van der Waals surface area contributed by atoms with Crippen molar-refractivity contribution in [3.63, 3.8) is 0 Å². The molecule has 3 aromatic rings. The van der Waals surface area contributed by atoms with Gasteiger partial charge in [0.2, 0.25) is 5.91 Å². The van der Waals surface area contributed by atoms with Gasteiger partial charge in [0.05, 0.1) is 0 Å². The molecule has 6 rings (SSSR count). The summed E-state index contributed by atoms with van der Waals surface area (Å²) >= 11 is 0. The number of fused-ring (bicyclic) bond motifs is 1. The van der Waals surface area contributed by atoms with Crippen LogP contribution in [0.3, 0.4) is 0 Å². The quantitative estimate of drug-likeness (QED) is 0.511. The van der Waals surface area contributed by atoms with Crippen LogP contribution in [0.4, 0.5) is 10.2 Å². The van der Waals surface area contributed by atoms with Crippen LogP contribution in [0.1, 0.15) is 41.3 Å². The van der Waals surface area contributed by atoms with Crippen molar-refractivity contribution in [2.24, 2.45) is 12.5 Å². The van der Waals surface area contributed by atoms with Crippen LogP contribution in [0.5, 0.6) is 0 Å². The van der Waals surface area contributed by atoms with E-state index in [9.17, 15) is 10.1 Å². The predicted octanol–water partition coefficient (Wildman–Crippen LogP) is 3.99. The van der Waals surface area contributed by atoms with Gasteiger partial charge in [0, 0.05) is 73.3 Å². The van der Waals surface area contributed by atoms with Crippen molar-refractivity contribution in [3.8, 4) is 17.2 Å². The molecular weight excluding hydrogens is 467 g/mol. The number of anilines is 1. The second kappa shape index (κ2) is 8.84. The van der Waals surface area contributed by atoms with Crippen LogP contribution in [0, 0.1) is 22.6 Å². The van der Waals surface area contributed by atoms with Gasteiger partial charge in [0.15, 0.2) is 0 Å². The zero-order valence-corrected chi connectivity index (χ0v) is 21.0. The van der Waals surface area contributed by atoms with Crippen molar-refractivity contribution in [3.05, 3.63) is 77.5 Å². The van der Waals surface area contributed by atoms with E-state index in [1.54, 1.807) is 12.1 Å². The average Bonchev–Trinajstić information content (AvgIpc) is 3.53. The molecule has 37 heavy (non-hydrogen) atoms. The molecule has 3 aliphatic rings. The average molecular weight is 497 g/mol. The van der Waals surface area contributed by atoms with E-state index in [2.05, 4.69) is 28.7 Å². The molecule has 2 fully saturated rings. The van der Waals surface area contributed by atoms with E-state index in [1.165, 1.54) is 12.1 Å². The van der Waals surface area contributed by atoms with Gasteiger partial charge >= 0.3 is 0 Å². The molecule has 1 aliphatic carbocycles. The Bertz CT molecular complexity index is 1450. The highest BCUT2D eigenvalue weighted by Crippen LogP contribution is 2.45. The molecule has 2 aromatic heterocycles. The van der Waals surface area contributed by atoms with Crippen LogP contribution in [0.15, 0.2) is 49.2 Å². The Hall–Kier alpha value is -3.99. The van der Waals surface area contributed by atoms with Crippen molar-refractivity contribution in [1.29, 1.82) is 5.26 Å². The smallest absolute Gasteiger partial charge is 0.245 e. The molecule has 7 nitrogen and oxygen atoms in total. The molecule has 2 aliphatic heterocycles. The molecule has 0 bridgehead atoms. The number of aryl methyl sites for hydroxylation is 1. The number of carbonyl (C=O) groups is 1. The molecule has 188 valence electrons. The summed E-state index contributed by atoms with van der Waals surface area (Å²) in [6.45, 7) is 6.43. The second-order valence-electron chi connectivity index (χ2n) is 10.6. The first-order valence-corrected chi connectivity index (χ1v) is 12.8. The number of hydrogen-bond acceptors (Lipinski definition) is 5. The van der Waals surface area contributed by atoms with Gasteiger partial charge in [0.1, 0.15) is 23.3 Å². The minimum atomic E-state index is -0.331. The maximum Gasteiger partial charge on any atom is 0.245 e. The SMILES string of the molecule is C=CC(=O)N1CC2(CCN(c3nc4c(c(-c5ccccc5F)c3C#N)CC[C@@H](c3ccnn3C)C4)C2)C1. The van der Waals surface area contributed by atoms with Crippen molar-refractivity contribution >= 4 is 11.7 Å². The molecule has 2 saturated heterocycles. The molecule has 1 aromatic carbocycles. The van der Waals surface area contributed by atoms with E-state index in [0.717, 1.165) is 55.7 Å². The molecule has 8 heteroatoms.